The summed E-state index contributed by atoms with van der Waals surface area (Å²) in [6.07, 6.45) is 0. The van der Waals surface area contributed by atoms with Crippen LogP contribution in [0.3, 0.4) is 0 Å². The molecule has 4 nitrogen and oxygen atoms in total. The van der Waals surface area contributed by atoms with E-state index in [0.29, 0.717) is 0 Å². The molecule has 2 heterocycles. The molecule has 2 atom stereocenters. The third-order valence-corrected chi connectivity index (χ3v) is 5.89. The average molecular weight is 405 g/mol. The number of amides is 1. The van der Waals surface area contributed by atoms with Gasteiger partial charge in [-0.05, 0) is 43.0 Å². The molecular weight excluding hydrogens is 380 g/mol. The maximum absolute atomic E-state index is 12.6. The van der Waals surface area contributed by atoms with E-state index in [2.05, 4.69) is 53.3 Å². The van der Waals surface area contributed by atoms with Crippen molar-refractivity contribution >= 4 is 28.2 Å². The highest BCUT2D eigenvalue weighted by Gasteiger charge is 2.18. The van der Waals surface area contributed by atoms with Crippen molar-refractivity contribution in [2.45, 2.75) is 25.9 Å². The molecule has 2 aromatic carbocycles. The van der Waals surface area contributed by atoms with Gasteiger partial charge >= 0.3 is 0 Å². The first-order valence-electron chi connectivity index (χ1n) is 9.71. The summed E-state index contributed by atoms with van der Waals surface area (Å²) in [5.74, 6) is 0.694. The Morgan fingerprint density at radius 1 is 1.07 bits per heavy atom. The Kier molecular flexibility index (Phi) is 5.79. The van der Waals surface area contributed by atoms with E-state index < -0.39 is 0 Å². The Morgan fingerprint density at radius 3 is 2.59 bits per heavy atom. The lowest BCUT2D eigenvalue weighted by atomic mass is 10.0. The predicted molar refractivity (Wildman–Crippen MR) is 118 cm³/mol. The molecule has 2 N–H and O–H groups in total. The minimum absolute atomic E-state index is 0.0112. The van der Waals surface area contributed by atoms with Gasteiger partial charge in [-0.15, -0.1) is 11.3 Å². The number of para-hydroxylation sites is 1. The molecule has 0 saturated heterocycles. The van der Waals surface area contributed by atoms with Gasteiger partial charge in [-0.25, -0.2) is 0 Å². The molecule has 4 aromatic rings. The van der Waals surface area contributed by atoms with Gasteiger partial charge in [0.1, 0.15) is 11.3 Å². The van der Waals surface area contributed by atoms with Crippen molar-refractivity contribution in [2.75, 3.05) is 6.54 Å². The second-order valence-corrected chi connectivity index (χ2v) is 8.20. The molecule has 1 amide bonds. The van der Waals surface area contributed by atoms with Crippen LogP contribution in [0.4, 0.5) is 0 Å². The van der Waals surface area contributed by atoms with Crippen molar-refractivity contribution in [1.82, 2.24) is 10.6 Å². The fourth-order valence-corrected chi connectivity index (χ4v) is 4.20. The van der Waals surface area contributed by atoms with Gasteiger partial charge < -0.3 is 9.73 Å². The van der Waals surface area contributed by atoms with Gasteiger partial charge in [0.05, 0.1) is 18.6 Å². The third-order valence-electron chi connectivity index (χ3n) is 4.95. The number of nitrogens with one attached hydrogen (secondary N) is 2. The summed E-state index contributed by atoms with van der Waals surface area (Å²) in [6.45, 7) is 4.23. The quantitative estimate of drug-likeness (QED) is 0.436. The highest BCUT2D eigenvalue weighted by atomic mass is 32.1. The summed E-state index contributed by atoms with van der Waals surface area (Å²) < 4.78 is 5.86. The molecule has 5 heteroatoms. The third kappa shape index (κ3) is 4.58. The van der Waals surface area contributed by atoms with E-state index in [9.17, 15) is 4.79 Å². The van der Waals surface area contributed by atoms with Crippen LogP contribution in [0.5, 0.6) is 0 Å². The van der Waals surface area contributed by atoms with E-state index in [1.165, 1.54) is 10.4 Å². The van der Waals surface area contributed by atoms with Crippen LogP contribution in [-0.2, 0) is 4.79 Å². The van der Waals surface area contributed by atoms with E-state index in [1.807, 2.05) is 43.3 Å². The summed E-state index contributed by atoms with van der Waals surface area (Å²) in [4.78, 5) is 13.8. The zero-order valence-corrected chi connectivity index (χ0v) is 17.3. The molecule has 148 valence electrons. The lowest BCUT2D eigenvalue weighted by Gasteiger charge is -2.19. The van der Waals surface area contributed by atoms with E-state index >= 15 is 0 Å². The highest BCUT2D eigenvalue weighted by Crippen LogP contribution is 2.26. The van der Waals surface area contributed by atoms with E-state index in [-0.39, 0.29) is 24.5 Å². The maximum atomic E-state index is 12.6. The minimum Gasteiger partial charge on any atom is -0.459 e. The molecule has 0 bridgehead atoms. The molecule has 29 heavy (non-hydrogen) atoms. The first-order chi connectivity index (χ1) is 14.1. The largest absolute Gasteiger partial charge is 0.459 e. The van der Waals surface area contributed by atoms with Crippen molar-refractivity contribution in [3.63, 3.8) is 0 Å². The smallest absolute Gasteiger partial charge is 0.234 e. The Bertz CT molecular complexity index is 1050. The minimum atomic E-state index is -0.198. The zero-order chi connectivity index (χ0) is 20.2. The number of furan rings is 1. The molecule has 0 aliphatic rings. The highest BCUT2D eigenvalue weighted by molar-refractivity contribution is 7.10. The number of hydrogen-bond donors (Lipinski definition) is 2. The van der Waals surface area contributed by atoms with Crippen LogP contribution in [0, 0.1) is 6.92 Å². The average Bonchev–Trinajstić information content (AvgIpc) is 3.39. The molecule has 2 aromatic heterocycles. The van der Waals surface area contributed by atoms with Crippen LogP contribution in [0.15, 0.2) is 76.5 Å². The van der Waals surface area contributed by atoms with Crippen LogP contribution >= 0.6 is 11.3 Å². The lowest BCUT2D eigenvalue weighted by Crippen LogP contribution is -2.37. The predicted octanol–water partition coefficient (Wildman–Crippen LogP) is 5.36. The molecule has 0 radical (unpaired) electrons. The Hall–Kier alpha value is -2.89. The van der Waals surface area contributed by atoms with E-state index in [1.54, 1.807) is 11.3 Å². The van der Waals surface area contributed by atoms with Crippen molar-refractivity contribution in [3.05, 3.63) is 93.9 Å². The normalized spacial score (nSPS) is 13.3. The molecule has 4 rings (SSSR count). The number of fused-ring (bicyclic) bond motifs is 1. The van der Waals surface area contributed by atoms with Crippen LogP contribution in [0.25, 0.3) is 11.0 Å². The number of hydrogen-bond acceptors (Lipinski definition) is 4. The van der Waals surface area contributed by atoms with E-state index in [0.717, 1.165) is 22.3 Å². The van der Waals surface area contributed by atoms with Crippen LogP contribution in [0.2, 0.25) is 0 Å². The standard InChI is InChI=1S/C24H24N2O2S/c1-16-9-11-18(12-10-16)24(22-8-5-13-29-22)25-15-23(27)26-17(2)21-14-19-6-3-4-7-20(19)28-21/h3-14,17,24-25H,15H2,1-2H3,(H,26,27)/t17-,24-/m0/s1. The first-order valence-corrected chi connectivity index (χ1v) is 10.6. The number of carbonyl (C=O) groups excluding carboxylic acids is 1. The van der Waals surface area contributed by atoms with Crippen molar-refractivity contribution in [3.8, 4) is 0 Å². The first kappa shape index (κ1) is 19.4. The molecule has 0 aliphatic carbocycles. The number of benzene rings is 2. The summed E-state index contributed by atoms with van der Waals surface area (Å²) >= 11 is 1.69. The van der Waals surface area contributed by atoms with Gasteiger partial charge in [0.15, 0.2) is 0 Å². The van der Waals surface area contributed by atoms with Gasteiger partial charge in [0.25, 0.3) is 0 Å². The lowest BCUT2D eigenvalue weighted by molar-refractivity contribution is -0.121. The fourth-order valence-electron chi connectivity index (χ4n) is 3.37. The SMILES string of the molecule is Cc1ccc([C@H](NCC(=O)N[C@@H](C)c2cc3ccccc3o2)c2cccs2)cc1. The summed E-state index contributed by atoms with van der Waals surface area (Å²) in [5, 5.41) is 9.53. The van der Waals surface area contributed by atoms with Gasteiger partial charge in [0, 0.05) is 10.3 Å². The Balaban J connectivity index is 1.41. The summed E-state index contributed by atoms with van der Waals surface area (Å²) in [6, 6.07) is 22.2. The number of rotatable bonds is 7. The second kappa shape index (κ2) is 8.64. The monoisotopic (exact) mass is 404 g/mol. The topological polar surface area (TPSA) is 54.3 Å². The molecule has 0 saturated carbocycles. The fraction of sp³-hybridized carbons (Fsp3) is 0.208. The van der Waals surface area contributed by atoms with E-state index in [4.69, 9.17) is 4.42 Å². The summed E-state index contributed by atoms with van der Waals surface area (Å²) in [7, 11) is 0. The number of aryl methyl sites for hydroxylation is 1. The molecule has 0 fully saturated rings. The van der Waals surface area contributed by atoms with Gasteiger partial charge in [-0.1, -0.05) is 54.1 Å². The Labute approximate surface area is 174 Å². The molecule has 0 spiro atoms. The second-order valence-electron chi connectivity index (χ2n) is 7.22. The van der Waals surface area contributed by atoms with Gasteiger partial charge in [-0.3, -0.25) is 10.1 Å². The molecule has 0 aliphatic heterocycles. The zero-order valence-electron chi connectivity index (χ0n) is 16.5. The van der Waals surface area contributed by atoms with Crippen LogP contribution in [0.1, 0.15) is 40.8 Å². The van der Waals surface area contributed by atoms with Gasteiger partial charge in [-0.2, -0.15) is 0 Å². The van der Waals surface area contributed by atoms with Gasteiger partial charge in [0.2, 0.25) is 5.91 Å². The van der Waals surface area contributed by atoms with Crippen molar-refractivity contribution in [1.29, 1.82) is 0 Å². The van der Waals surface area contributed by atoms with Crippen molar-refractivity contribution in [2.24, 2.45) is 0 Å². The number of thiophene rings is 1. The Morgan fingerprint density at radius 2 is 1.86 bits per heavy atom. The molecular formula is C24H24N2O2S. The maximum Gasteiger partial charge on any atom is 0.234 e. The van der Waals surface area contributed by atoms with Crippen molar-refractivity contribution < 1.29 is 9.21 Å². The van der Waals surface area contributed by atoms with Crippen LogP contribution in [-0.4, -0.2) is 12.5 Å². The number of carbonyl (C=O) groups is 1. The molecule has 0 unspecified atom stereocenters. The summed E-state index contributed by atoms with van der Waals surface area (Å²) in [5.41, 5.74) is 3.20. The van der Waals surface area contributed by atoms with Crippen LogP contribution < -0.4 is 10.6 Å².